The molecule has 1 heterocycles. The Morgan fingerprint density at radius 1 is 1.23 bits per heavy atom. The zero-order valence-electron chi connectivity index (χ0n) is 7.87. The van der Waals surface area contributed by atoms with Crippen molar-refractivity contribution in [3.05, 3.63) is 24.4 Å². The number of nitrogens with zero attached hydrogens (tertiary/aromatic N) is 1. The Morgan fingerprint density at radius 3 is 2.85 bits per heavy atom. The summed E-state index contributed by atoms with van der Waals surface area (Å²) in [6.07, 6.45) is 5.26. The number of nitrogens with two attached hydrogens (primary N) is 1. The third kappa shape index (κ3) is 4.48. The molecule has 3 nitrogen and oxygen atoms in total. The SMILES string of the molecule is NCCCCCNc1ccccn1. The monoisotopic (exact) mass is 179 g/mol. The molecule has 0 bridgehead atoms. The minimum atomic E-state index is 0.795. The molecule has 0 aliphatic heterocycles. The predicted octanol–water partition coefficient (Wildman–Crippen LogP) is 1.62. The van der Waals surface area contributed by atoms with Crippen LogP contribution in [0.2, 0.25) is 0 Å². The van der Waals surface area contributed by atoms with Crippen molar-refractivity contribution in [2.24, 2.45) is 5.73 Å². The van der Waals surface area contributed by atoms with Gasteiger partial charge in [-0.3, -0.25) is 0 Å². The maximum absolute atomic E-state index is 5.39. The molecular formula is C10H17N3. The number of pyridine rings is 1. The second kappa shape index (κ2) is 6.43. The summed E-state index contributed by atoms with van der Waals surface area (Å²) in [6.45, 7) is 1.78. The van der Waals surface area contributed by atoms with Gasteiger partial charge in [-0.2, -0.15) is 0 Å². The van der Waals surface area contributed by atoms with Crippen LogP contribution in [0.1, 0.15) is 19.3 Å². The molecule has 0 unspecified atom stereocenters. The van der Waals surface area contributed by atoms with Gasteiger partial charge < -0.3 is 11.1 Å². The molecule has 1 aromatic rings. The lowest BCUT2D eigenvalue weighted by Gasteiger charge is -2.03. The second-order valence-corrected chi connectivity index (χ2v) is 2.99. The van der Waals surface area contributed by atoms with E-state index in [-0.39, 0.29) is 0 Å². The number of nitrogens with one attached hydrogen (secondary N) is 1. The van der Waals surface area contributed by atoms with Crippen LogP contribution < -0.4 is 11.1 Å². The van der Waals surface area contributed by atoms with Crippen LogP contribution in [0.15, 0.2) is 24.4 Å². The van der Waals surface area contributed by atoms with Gasteiger partial charge in [-0.05, 0) is 31.5 Å². The van der Waals surface area contributed by atoms with E-state index in [1.54, 1.807) is 6.20 Å². The fourth-order valence-electron chi connectivity index (χ4n) is 1.13. The van der Waals surface area contributed by atoms with Crippen molar-refractivity contribution in [1.82, 2.24) is 4.98 Å². The topological polar surface area (TPSA) is 50.9 Å². The van der Waals surface area contributed by atoms with Gasteiger partial charge in [0.25, 0.3) is 0 Å². The van der Waals surface area contributed by atoms with Gasteiger partial charge in [0.2, 0.25) is 0 Å². The molecule has 13 heavy (non-hydrogen) atoms. The molecule has 0 aliphatic carbocycles. The molecule has 3 N–H and O–H groups in total. The summed E-state index contributed by atoms with van der Waals surface area (Å²) in [5.41, 5.74) is 5.39. The van der Waals surface area contributed by atoms with Crippen molar-refractivity contribution in [2.45, 2.75) is 19.3 Å². The first-order chi connectivity index (χ1) is 6.43. The summed E-state index contributed by atoms with van der Waals surface area (Å²) in [6, 6.07) is 5.87. The molecule has 1 aromatic heterocycles. The van der Waals surface area contributed by atoms with E-state index in [2.05, 4.69) is 10.3 Å². The molecule has 0 amide bonds. The van der Waals surface area contributed by atoms with E-state index in [1.807, 2.05) is 18.2 Å². The minimum absolute atomic E-state index is 0.795. The third-order valence-corrected chi connectivity index (χ3v) is 1.85. The highest BCUT2D eigenvalue weighted by atomic mass is 15.0. The van der Waals surface area contributed by atoms with Crippen molar-refractivity contribution in [3.63, 3.8) is 0 Å². The summed E-state index contributed by atoms with van der Waals surface area (Å²) in [4.78, 5) is 4.16. The quantitative estimate of drug-likeness (QED) is 0.652. The van der Waals surface area contributed by atoms with Crippen LogP contribution in [-0.4, -0.2) is 18.1 Å². The normalized spacial score (nSPS) is 9.92. The third-order valence-electron chi connectivity index (χ3n) is 1.85. The number of hydrogen-bond donors (Lipinski definition) is 2. The zero-order chi connectivity index (χ0) is 9.36. The average Bonchev–Trinajstić information content (AvgIpc) is 2.19. The van der Waals surface area contributed by atoms with Crippen molar-refractivity contribution in [2.75, 3.05) is 18.4 Å². The van der Waals surface area contributed by atoms with Crippen LogP contribution >= 0.6 is 0 Å². The molecular weight excluding hydrogens is 162 g/mol. The molecule has 0 saturated heterocycles. The van der Waals surface area contributed by atoms with Gasteiger partial charge in [0.05, 0.1) is 0 Å². The van der Waals surface area contributed by atoms with Crippen molar-refractivity contribution < 1.29 is 0 Å². The van der Waals surface area contributed by atoms with Crippen molar-refractivity contribution in [1.29, 1.82) is 0 Å². The lowest BCUT2D eigenvalue weighted by Crippen LogP contribution is -2.04. The van der Waals surface area contributed by atoms with Gasteiger partial charge in [-0.25, -0.2) is 4.98 Å². The number of anilines is 1. The molecule has 3 heteroatoms. The lowest BCUT2D eigenvalue weighted by atomic mass is 10.2. The highest BCUT2D eigenvalue weighted by Gasteiger charge is 1.90. The molecule has 0 aliphatic rings. The Morgan fingerprint density at radius 2 is 2.15 bits per heavy atom. The summed E-state index contributed by atoms with van der Waals surface area (Å²) in [7, 11) is 0. The molecule has 72 valence electrons. The molecule has 0 fully saturated rings. The summed E-state index contributed by atoms with van der Waals surface area (Å²) in [5.74, 6) is 0.954. The van der Waals surface area contributed by atoms with Gasteiger partial charge in [0.1, 0.15) is 5.82 Å². The molecule has 0 atom stereocenters. The van der Waals surface area contributed by atoms with Crippen molar-refractivity contribution >= 4 is 5.82 Å². The number of unbranched alkanes of at least 4 members (excludes halogenated alkanes) is 2. The summed E-state index contributed by atoms with van der Waals surface area (Å²) < 4.78 is 0. The van der Waals surface area contributed by atoms with Gasteiger partial charge >= 0.3 is 0 Å². The number of aromatic nitrogens is 1. The Labute approximate surface area is 79.4 Å². The molecule has 0 spiro atoms. The Kier molecular flexibility index (Phi) is 4.94. The first kappa shape index (κ1) is 9.99. The van der Waals surface area contributed by atoms with Gasteiger partial charge in [0, 0.05) is 12.7 Å². The first-order valence-electron chi connectivity index (χ1n) is 4.78. The molecule has 1 rings (SSSR count). The Balaban J connectivity index is 2.07. The predicted molar refractivity (Wildman–Crippen MR) is 55.6 cm³/mol. The fraction of sp³-hybridized carbons (Fsp3) is 0.500. The molecule has 0 aromatic carbocycles. The van der Waals surface area contributed by atoms with Crippen LogP contribution in [0.5, 0.6) is 0 Å². The van der Waals surface area contributed by atoms with Gasteiger partial charge in [0.15, 0.2) is 0 Å². The van der Waals surface area contributed by atoms with Crippen LogP contribution in [0.3, 0.4) is 0 Å². The highest BCUT2D eigenvalue weighted by Crippen LogP contribution is 2.00. The first-order valence-corrected chi connectivity index (χ1v) is 4.78. The largest absolute Gasteiger partial charge is 0.370 e. The summed E-state index contributed by atoms with van der Waals surface area (Å²) in [5, 5.41) is 3.25. The maximum atomic E-state index is 5.39. The standard InChI is InChI=1S/C10H17N3/c11-7-3-1-4-8-12-10-6-2-5-9-13-10/h2,5-6,9H,1,3-4,7-8,11H2,(H,12,13). The van der Waals surface area contributed by atoms with Crippen LogP contribution in [0, 0.1) is 0 Å². The lowest BCUT2D eigenvalue weighted by molar-refractivity contribution is 0.706. The van der Waals surface area contributed by atoms with Gasteiger partial charge in [-0.15, -0.1) is 0 Å². The van der Waals surface area contributed by atoms with Crippen LogP contribution in [0.25, 0.3) is 0 Å². The number of hydrogen-bond acceptors (Lipinski definition) is 3. The van der Waals surface area contributed by atoms with Crippen LogP contribution in [-0.2, 0) is 0 Å². The van der Waals surface area contributed by atoms with E-state index >= 15 is 0 Å². The van der Waals surface area contributed by atoms with E-state index < -0.39 is 0 Å². The Bertz CT molecular complexity index is 211. The second-order valence-electron chi connectivity index (χ2n) is 2.99. The van der Waals surface area contributed by atoms with Gasteiger partial charge in [-0.1, -0.05) is 12.5 Å². The molecule has 0 saturated carbocycles. The zero-order valence-corrected chi connectivity index (χ0v) is 7.87. The highest BCUT2D eigenvalue weighted by molar-refractivity contribution is 5.32. The average molecular weight is 179 g/mol. The summed E-state index contributed by atoms with van der Waals surface area (Å²) >= 11 is 0. The van der Waals surface area contributed by atoms with E-state index in [9.17, 15) is 0 Å². The maximum Gasteiger partial charge on any atom is 0.125 e. The van der Waals surface area contributed by atoms with E-state index in [4.69, 9.17) is 5.73 Å². The number of rotatable bonds is 6. The Hall–Kier alpha value is -1.09. The van der Waals surface area contributed by atoms with Crippen LogP contribution in [0.4, 0.5) is 5.82 Å². The minimum Gasteiger partial charge on any atom is -0.370 e. The van der Waals surface area contributed by atoms with E-state index in [0.29, 0.717) is 0 Å². The fourth-order valence-corrected chi connectivity index (χ4v) is 1.13. The van der Waals surface area contributed by atoms with E-state index in [0.717, 1.165) is 31.7 Å². The van der Waals surface area contributed by atoms with Crippen molar-refractivity contribution in [3.8, 4) is 0 Å². The van der Waals surface area contributed by atoms with E-state index in [1.165, 1.54) is 6.42 Å². The smallest absolute Gasteiger partial charge is 0.125 e. The molecule has 0 radical (unpaired) electrons.